The van der Waals surface area contributed by atoms with E-state index in [1.165, 1.54) is 6.92 Å². The molecule has 0 fully saturated rings. The Morgan fingerprint density at radius 1 is 0.839 bits per heavy atom. The highest BCUT2D eigenvalue weighted by Gasteiger charge is 2.34. The van der Waals surface area contributed by atoms with E-state index in [1.54, 1.807) is 13.8 Å². The number of hydrogen-bond acceptors (Lipinski definition) is 7. The molecule has 0 aliphatic rings. The summed E-state index contributed by atoms with van der Waals surface area (Å²) < 4.78 is 0. The minimum Gasteiger partial charge on any atom is -0.480 e. The van der Waals surface area contributed by atoms with Gasteiger partial charge in [0.25, 0.3) is 0 Å². The van der Waals surface area contributed by atoms with Gasteiger partial charge in [0.2, 0.25) is 23.6 Å². The average molecular weight is 446 g/mol. The lowest BCUT2D eigenvalue weighted by atomic mass is 9.99. The summed E-state index contributed by atoms with van der Waals surface area (Å²) in [6.07, 6.45) is -1.66. The van der Waals surface area contributed by atoms with Crippen molar-refractivity contribution in [3.63, 3.8) is 0 Å². The van der Waals surface area contributed by atoms with Crippen molar-refractivity contribution in [2.24, 2.45) is 23.3 Å². The molecule has 12 nitrogen and oxygen atoms in total. The number of amides is 4. The summed E-state index contributed by atoms with van der Waals surface area (Å²) in [7, 11) is 0. The molecule has 0 aliphatic heterocycles. The summed E-state index contributed by atoms with van der Waals surface area (Å²) in [5, 5.41) is 26.0. The third-order valence-electron chi connectivity index (χ3n) is 4.39. The first-order valence-corrected chi connectivity index (χ1v) is 10.0. The molecule has 0 radical (unpaired) electrons. The fourth-order valence-corrected chi connectivity index (χ4v) is 2.72. The Morgan fingerprint density at radius 3 is 1.71 bits per heavy atom. The molecule has 12 heteroatoms. The van der Waals surface area contributed by atoms with Crippen LogP contribution in [0.3, 0.4) is 0 Å². The van der Waals surface area contributed by atoms with Gasteiger partial charge in [-0.1, -0.05) is 27.7 Å². The van der Waals surface area contributed by atoms with Gasteiger partial charge in [0, 0.05) is 0 Å². The van der Waals surface area contributed by atoms with Gasteiger partial charge in [-0.2, -0.15) is 0 Å². The summed E-state index contributed by atoms with van der Waals surface area (Å²) in [6.45, 7) is 8.35. The second-order valence-corrected chi connectivity index (χ2v) is 8.26. The zero-order valence-corrected chi connectivity index (χ0v) is 18.5. The van der Waals surface area contributed by atoms with Gasteiger partial charge >= 0.3 is 5.97 Å². The van der Waals surface area contributed by atoms with E-state index in [-0.39, 0.29) is 11.8 Å². The number of rotatable bonds is 13. The second-order valence-electron chi connectivity index (χ2n) is 8.26. The molecule has 5 atom stereocenters. The maximum atomic E-state index is 12.7. The molecule has 0 aromatic rings. The average Bonchev–Trinajstić information content (AvgIpc) is 2.61. The molecule has 0 saturated carbocycles. The van der Waals surface area contributed by atoms with Crippen molar-refractivity contribution in [3.05, 3.63) is 0 Å². The molecule has 31 heavy (non-hydrogen) atoms. The van der Waals surface area contributed by atoms with Crippen LogP contribution in [0.1, 0.15) is 47.5 Å². The molecule has 0 saturated heterocycles. The maximum Gasteiger partial charge on any atom is 0.326 e. The zero-order chi connectivity index (χ0) is 24.5. The first-order valence-electron chi connectivity index (χ1n) is 10.0. The Morgan fingerprint density at radius 2 is 1.32 bits per heavy atom. The number of primary amides is 1. The van der Waals surface area contributed by atoms with Crippen LogP contribution in [-0.4, -0.2) is 70.1 Å². The van der Waals surface area contributed by atoms with Crippen LogP contribution in [0.4, 0.5) is 0 Å². The van der Waals surface area contributed by atoms with Gasteiger partial charge in [-0.3, -0.25) is 19.2 Å². The van der Waals surface area contributed by atoms with Crippen molar-refractivity contribution >= 4 is 29.6 Å². The highest BCUT2D eigenvalue weighted by molar-refractivity contribution is 5.95. The maximum absolute atomic E-state index is 12.7. The van der Waals surface area contributed by atoms with Gasteiger partial charge in [-0.25, -0.2) is 4.79 Å². The second kappa shape index (κ2) is 12.8. The monoisotopic (exact) mass is 445 g/mol. The fourth-order valence-electron chi connectivity index (χ4n) is 2.72. The third-order valence-corrected chi connectivity index (χ3v) is 4.39. The van der Waals surface area contributed by atoms with E-state index in [2.05, 4.69) is 16.0 Å². The topological polar surface area (TPSA) is 214 Å². The first-order chi connectivity index (χ1) is 14.2. The zero-order valence-electron chi connectivity index (χ0n) is 18.5. The molecule has 0 spiro atoms. The Labute approximate surface area is 181 Å². The number of aliphatic carboxylic acids is 1. The molecule has 0 aromatic heterocycles. The van der Waals surface area contributed by atoms with Gasteiger partial charge < -0.3 is 37.6 Å². The highest BCUT2D eigenvalue weighted by atomic mass is 16.4. The number of carboxylic acid groups (broad SMARTS) is 1. The summed E-state index contributed by atoms with van der Waals surface area (Å²) in [5.41, 5.74) is 10.8. The van der Waals surface area contributed by atoms with Crippen molar-refractivity contribution in [1.29, 1.82) is 0 Å². The van der Waals surface area contributed by atoms with E-state index in [0.717, 1.165) is 0 Å². The quantitative estimate of drug-likeness (QED) is 0.165. The van der Waals surface area contributed by atoms with Crippen molar-refractivity contribution in [1.82, 2.24) is 16.0 Å². The van der Waals surface area contributed by atoms with E-state index in [4.69, 9.17) is 16.6 Å². The van der Waals surface area contributed by atoms with Gasteiger partial charge in [0.15, 0.2) is 0 Å². The van der Waals surface area contributed by atoms with Crippen LogP contribution in [-0.2, 0) is 24.0 Å². The molecule has 5 unspecified atom stereocenters. The summed E-state index contributed by atoms with van der Waals surface area (Å²) in [5.74, 6) is -4.99. The lowest BCUT2D eigenvalue weighted by Gasteiger charge is -2.28. The number of carboxylic acids is 1. The Balaban J connectivity index is 5.36. The van der Waals surface area contributed by atoms with E-state index in [9.17, 15) is 29.1 Å². The van der Waals surface area contributed by atoms with E-state index >= 15 is 0 Å². The minimum absolute atomic E-state index is 0.165. The standard InChI is InChI=1S/C19H35N5O7/c1-8(2)6-11(20)16(27)23-14(9(3)4)17(28)24-15(10(5)25)18(29)22-12(19(30)31)7-13(21)26/h8-12,14-15,25H,6-7,20H2,1-5H3,(H2,21,26)(H,22,29)(H,23,27)(H,24,28)(H,30,31). The van der Waals surface area contributed by atoms with Crippen LogP contribution in [0.2, 0.25) is 0 Å². The number of nitrogens with two attached hydrogens (primary N) is 2. The molecule has 0 aromatic carbocycles. The Bertz CT molecular complexity index is 666. The van der Waals surface area contributed by atoms with Gasteiger partial charge in [-0.05, 0) is 25.2 Å². The van der Waals surface area contributed by atoms with Crippen molar-refractivity contribution in [3.8, 4) is 0 Å². The lowest BCUT2D eigenvalue weighted by molar-refractivity contribution is -0.144. The lowest BCUT2D eigenvalue weighted by Crippen LogP contribution is -2.61. The molecule has 0 bridgehead atoms. The van der Waals surface area contributed by atoms with E-state index in [0.29, 0.717) is 6.42 Å². The van der Waals surface area contributed by atoms with Crippen LogP contribution in [0.25, 0.3) is 0 Å². The predicted octanol–water partition coefficient (Wildman–Crippen LogP) is -2.19. The van der Waals surface area contributed by atoms with Crippen molar-refractivity contribution in [2.45, 2.75) is 77.7 Å². The summed E-state index contributed by atoms with van der Waals surface area (Å²) in [6, 6.07) is -5.04. The molecular formula is C19H35N5O7. The Hall–Kier alpha value is -2.73. The van der Waals surface area contributed by atoms with Crippen LogP contribution in [0.5, 0.6) is 0 Å². The number of aliphatic hydroxyl groups excluding tert-OH is 1. The molecule has 9 N–H and O–H groups in total. The first kappa shape index (κ1) is 28.3. The predicted molar refractivity (Wildman–Crippen MR) is 111 cm³/mol. The van der Waals surface area contributed by atoms with E-state index in [1.807, 2.05) is 13.8 Å². The molecule has 4 amide bonds. The smallest absolute Gasteiger partial charge is 0.326 e. The SMILES string of the molecule is CC(C)CC(N)C(=O)NC(C(=O)NC(C(=O)NC(CC(N)=O)C(=O)O)C(C)O)C(C)C. The number of hydrogen-bond donors (Lipinski definition) is 7. The number of aliphatic hydroxyl groups is 1. The fraction of sp³-hybridized carbons (Fsp3) is 0.737. The molecule has 0 heterocycles. The van der Waals surface area contributed by atoms with Gasteiger partial charge in [0.05, 0.1) is 18.6 Å². The van der Waals surface area contributed by atoms with Gasteiger partial charge in [0.1, 0.15) is 18.1 Å². The number of carbonyl (C=O) groups excluding carboxylic acids is 4. The van der Waals surface area contributed by atoms with Crippen LogP contribution >= 0.6 is 0 Å². The molecule has 178 valence electrons. The van der Waals surface area contributed by atoms with E-state index < -0.39 is 66.3 Å². The number of carbonyl (C=O) groups is 5. The van der Waals surface area contributed by atoms with Gasteiger partial charge in [-0.15, -0.1) is 0 Å². The van der Waals surface area contributed by atoms with Crippen molar-refractivity contribution < 1.29 is 34.2 Å². The van der Waals surface area contributed by atoms with Crippen LogP contribution < -0.4 is 27.4 Å². The summed E-state index contributed by atoms with van der Waals surface area (Å²) in [4.78, 5) is 59.7. The molecule has 0 rings (SSSR count). The normalized spacial score (nSPS) is 16.0. The minimum atomic E-state index is -1.63. The number of nitrogens with one attached hydrogen (secondary N) is 3. The summed E-state index contributed by atoms with van der Waals surface area (Å²) >= 11 is 0. The largest absolute Gasteiger partial charge is 0.480 e. The highest BCUT2D eigenvalue weighted by Crippen LogP contribution is 2.07. The molecule has 0 aliphatic carbocycles. The van der Waals surface area contributed by atoms with Crippen LogP contribution in [0, 0.1) is 11.8 Å². The molecular weight excluding hydrogens is 410 g/mol. The third kappa shape index (κ3) is 10.2. The van der Waals surface area contributed by atoms with Crippen molar-refractivity contribution in [2.75, 3.05) is 0 Å². The van der Waals surface area contributed by atoms with Crippen LogP contribution in [0.15, 0.2) is 0 Å². The Kier molecular flexibility index (Phi) is 11.7.